The zero-order valence-electron chi connectivity index (χ0n) is 31.3. The van der Waals surface area contributed by atoms with Gasteiger partial charge in [0.25, 0.3) is 11.1 Å². The maximum atomic E-state index is 12.6. The summed E-state index contributed by atoms with van der Waals surface area (Å²) in [7, 11) is -10.1. The summed E-state index contributed by atoms with van der Waals surface area (Å²) in [6.07, 6.45) is 0. The van der Waals surface area contributed by atoms with Crippen LogP contribution in [0.1, 0.15) is 15.7 Å². The van der Waals surface area contributed by atoms with Crippen LogP contribution in [0.5, 0.6) is 11.5 Å². The molecule has 0 aliphatic carbocycles. The van der Waals surface area contributed by atoms with Crippen molar-refractivity contribution in [3.05, 3.63) is 125 Å². The first kappa shape index (κ1) is 44.9. The van der Waals surface area contributed by atoms with E-state index in [1.165, 1.54) is 13.8 Å². The number of para-hydroxylation sites is 2. The number of nitrogens with zero attached hydrogens (tertiary/aromatic N) is 8. The summed E-state index contributed by atoms with van der Waals surface area (Å²) < 4.78 is 69.1. The quantitative estimate of drug-likeness (QED) is 0.127. The van der Waals surface area contributed by atoms with Crippen LogP contribution in [0.4, 0.5) is 22.7 Å². The van der Waals surface area contributed by atoms with E-state index in [1.54, 1.807) is 48.5 Å². The Balaban J connectivity index is 0.000000562. The van der Waals surface area contributed by atoms with E-state index < -0.39 is 64.0 Å². The van der Waals surface area contributed by atoms with Crippen molar-refractivity contribution in [1.29, 1.82) is 0 Å². The minimum absolute atomic E-state index is 0. The molecule has 1 radical (unpaired) electrons. The number of aryl methyl sites for hydroxylation is 2. The van der Waals surface area contributed by atoms with E-state index >= 15 is 0 Å². The molecule has 0 atom stereocenters. The average Bonchev–Trinajstić information content (AvgIpc) is 3.56. The maximum absolute atomic E-state index is 12.6. The molecule has 6 rings (SSSR count). The molecular formula is C32H21Cl4CrN8O10S2. The molecule has 0 N–H and O–H groups in total. The first-order valence-corrected chi connectivity index (χ1v) is 19.3. The van der Waals surface area contributed by atoms with Crippen LogP contribution in [0.2, 0.25) is 20.1 Å². The molecule has 0 fully saturated rings. The fourth-order valence-electron chi connectivity index (χ4n) is 4.64. The second kappa shape index (κ2) is 17.8. The Morgan fingerprint density at radius 2 is 0.930 bits per heavy atom. The van der Waals surface area contributed by atoms with Crippen molar-refractivity contribution in [2.24, 2.45) is 20.5 Å². The van der Waals surface area contributed by atoms with Gasteiger partial charge in [0.1, 0.15) is 31.6 Å². The fraction of sp³-hybridized carbons (Fsp3) is 0.0625. The summed E-state index contributed by atoms with van der Waals surface area (Å²) in [5, 5.41) is 47.2. The molecule has 2 aromatic heterocycles. The van der Waals surface area contributed by atoms with Crippen molar-refractivity contribution in [3.8, 4) is 22.9 Å². The molecule has 18 nitrogen and oxygen atoms in total. The molecule has 0 aliphatic heterocycles. The molecule has 0 unspecified atom stereocenters. The first-order valence-electron chi connectivity index (χ1n) is 15.0. The van der Waals surface area contributed by atoms with E-state index in [4.69, 9.17) is 46.4 Å². The molecule has 25 heteroatoms. The third-order valence-electron chi connectivity index (χ3n) is 7.19. The van der Waals surface area contributed by atoms with E-state index in [-0.39, 0.29) is 64.5 Å². The Morgan fingerprint density at radius 1 is 0.596 bits per heavy atom. The van der Waals surface area contributed by atoms with Gasteiger partial charge in [0.15, 0.2) is 0 Å². The molecule has 0 bridgehead atoms. The topological polar surface area (TPSA) is 282 Å². The van der Waals surface area contributed by atoms with Crippen molar-refractivity contribution in [3.63, 3.8) is 0 Å². The molecule has 57 heavy (non-hydrogen) atoms. The molecule has 4 aromatic carbocycles. The standard InChI is InChI=1S/2C16H12Cl2N4O5S.Cr/c2*1-8-14(16(24)22(21-8)12-5-3-2-4-10(12)18)20-19-11-6-9(17)7-13(15(11)23)28(25,26)27;/h2*2-7H,1H3,(H3,19,20,21,23,24,25,26,27);/q;;+3/p-3. The van der Waals surface area contributed by atoms with Gasteiger partial charge in [-0.1, -0.05) is 96.0 Å². The normalized spacial score (nSPS) is 11.8. The van der Waals surface area contributed by atoms with Gasteiger partial charge < -0.3 is 38.9 Å². The van der Waals surface area contributed by atoms with Gasteiger partial charge in [-0.05, 0) is 48.5 Å². The van der Waals surface area contributed by atoms with E-state index in [9.17, 15) is 45.7 Å². The maximum Gasteiger partial charge on any atom is 3.00 e. The van der Waals surface area contributed by atoms with Gasteiger partial charge in [0, 0.05) is 21.4 Å². The summed E-state index contributed by atoms with van der Waals surface area (Å²) in [6.45, 7) is 2.99. The van der Waals surface area contributed by atoms with Gasteiger partial charge in [-0.25, -0.2) is 16.8 Å². The number of benzene rings is 4. The predicted octanol–water partition coefficient (Wildman–Crippen LogP) is 5.94. The second-order valence-electron chi connectivity index (χ2n) is 11.0. The van der Waals surface area contributed by atoms with Crippen LogP contribution in [0.25, 0.3) is 11.4 Å². The summed E-state index contributed by atoms with van der Waals surface area (Å²) in [5.74, 6) is -2.35. The van der Waals surface area contributed by atoms with E-state index in [1.807, 2.05) is 0 Å². The molecule has 0 aliphatic rings. The molecular weight excluding hydrogens is 914 g/mol. The van der Waals surface area contributed by atoms with Crippen LogP contribution in [0.3, 0.4) is 0 Å². The molecule has 6 aromatic rings. The molecule has 295 valence electrons. The van der Waals surface area contributed by atoms with Gasteiger partial charge in [-0.3, -0.25) is 9.59 Å². The smallest absolute Gasteiger partial charge is 0.870 e. The second-order valence-corrected chi connectivity index (χ2v) is 15.4. The van der Waals surface area contributed by atoms with Crippen LogP contribution in [0, 0.1) is 13.8 Å². The SMILES string of the molecule is Cc1[n-]n(-c2ccccc2Cl)c(=O)c1N=Nc1cc(Cl)cc(S(=O)(=O)[O-])c1[O-].Cc1[n-]n(-c2ccccc2Cl)c(=O)c1N=Nc1cc(Cl)cc(S(=O)(=O)[O-])c1[O-].[Cr+3].[H+].[H+].[H+]. The van der Waals surface area contributed by atoms with Crippen LogP contribution in [-0.2, 0) is 37.6 Å². The van der Waals surface area contributed by atoms with Gasteiger partial charge in [0.05, 0.1) is 31.2 Å². The Morgan fingerprint density at radius 3 is 1.25 bits per heavy atom. The molecule has 0 saturated carbocycles. The van der Waals surface area contributed by atoms with Crippen molar-refractivity contribution in [2.75, 3.05) is 0 Å². The van der Waals surface area contributed by atoms with Gasteiger partial charge in [-0.2, -0.15) is 10.2 Å². The molecule has 0 saturated heterocycles. The van der Waals surface area contributed by atoms with Gasteiger partial charge in [-0.15, -0.1) is 21.6 Å². The summed E-state index contributed by atoms with van der Waals surface area (Å²) in [6, 6.07) is 16.5. The predicted molar refractivity (Wildman–Crippen MR) is 200 cm³/mol. The Hall–Kier alpha value is -4.79. The molecule has 2 heterocycles. The zero-order chi connectivity index (χ0) is 41.3. The van der Waals surface area contributed by atoms with Crippen LogP contribution < -0.4 is 31.5 Å². The fourth-order valence-corrected chi connectivity index (χ4v) is 6.83. The van der Waals surface area contributed by atoms with Crippen molar-refractivity contribution >= 4 is 89.4 Å². The number of hydrogen-bond acceptors (Lipinski definition) is 14. The molecule has 0 spiro atoms. The average molecular weight is 936 g/mol. The minimum Gasteiger partial charge on any atom is -0.870 e. The number of azo groups is 2. The van der Waals surface area contributed by atoms with E-state index in [2.05, 4.69) is 30.7 Å². The van der Waals surface area contributed by atoms with Gasteiger partial charge >= 0.3 is 21.6 Å². The Labute approximate surface area is 356 Å². The van der Waals surface area contributed by atoms with Crippen LogP contribution in [-0.4, -0.2) is 35.3 Å². The third-order valence-corrected chi connectivity index (χ3v) is 9.95. The zero-order valence-corrected chi connectivity index (χ0v) is 34.3. The Bertz CT molecular complexity index is 2750. The van der Waals surface area contributed by atoms with Crippen LogP contribution >= 0.6 is 46.4 Å². The number of hydrogen-bond donors (Lipinski definition) is 0. The summed E-state index contributed by atoms with van der Waals surface area (Å²) in [5.41, 5.74) is -1.66. The largest absolute Gasteiger partial charge is 3.00 e. The monoisotopic (exact) mass is 933 g/mol. The third kappa shape index (κ3) is 10.0. The Kier molecular flexibility index (Phi) is 14.0. The van der Waals surface area contributed by atoms with Gasteiger partial charge in [0.2, 0.25) is 0 Å². The summed E-state index contributed by atoms with van der Waals surface area (Å²) in [4.78, 5) is 23.0. The van der Waals surface area contributed by atoms with Crippen molar-refractivity contribution in [1.82, 2.24) is 19.6 Å². The first-order chi connectivity index (χ1) is 26.2. The summed E-state index contributed by atoms with van der Waals surface area (Å²) >= 11 is 23.6. The van der Waals surface area contributed by atoms with E-state index in [0.717, 1.165) is 33.6 Å². The number of halogens is 4. The van der Waals surface area contributed by atoms with Crippen LogP contribution in [0.15, 0.2) is 113 Å². The number of rotatable bonds is 8. The number of aromatic nitrogens is 4. The minimum atomic E-state index is -5.06. The van der Waals surface area contributed by atoms with E-state index in [0.29, 0.717) is 11.4 Å². The van der Waals surface area contributed by atoms with Crippen molar-refractivity contribution in [2.45, 2.75) is 23.6 Å². The van der Waals surface area contributed by atoms with Crippen molar-refractivity contribution < 1.29 is 57.8 Å². The molecule has 0 amide bonds.